The average molecular weight is 322 g/mol. The molecule has 0 aromatic heterocycles. The average Bonchev–Trinajstić information content (AvgIpc) is 2.21. The Morgan fingerprint density at radius 1 is 1.44 bits per heavy atom. The van der Waals surface area contributed by atoms with Gasteiger partial charge < -0.3 is 5.32 Å². The zero-order valence-electron chi connectivity index (χ0n) is 8.44. The van der Waals surface area contributed by atoms with Crippen LogP contribution >= 0.6 is 27.7 Å². The molecule has 0 aliphatic heterocycles. The number of ketones is 1. The lowest BCUT2D eigenvalue weighted by Crippen LogP contribution is -2.47. The third kappa shape index (κ3) is 5.74. The van der Waals surface area contributed by atoms with Crippen LogP contribution in [0.1, 0.15) is 6.42 Å². The molecule has 16 heavy (non-hydrogen) atoms. The number of hydrogen-bond acceptors (Lipinski definition) is 3. The molecule has 1 unspecified atom stereocenters. The second-order valence-electron chi connectivity index (χ2n) is 2.91. The largest absolute Gasteiger partial charge is 0.471 e. The molecule has 0 saturated heterocycles. The molecule has 0 radical (unpaired) electrons. The zero-order valence-corrected chi connectivity index (χ0v) is 10.8. The van der Waals surface area contributed by atoms with Crippen molar-refractivity contribution < 1.29 is 22.8 Å². The Balaban J connectivity index is 4.42. The van der Waals surface area contributed by atoms with Crippen molar-refractivity contribution in [1.82, 2.24) is 5.32 Å². The Labute approximate surface area is 104 Å². The van der Waals surface area contributed by atoms with Gasteiger partial charge in [0.1, 0.15) is 0 Å². The highest BCUT2D eigenvalue weighted by molar-refractivity contribution is 9.09. The number of hydrogen-bond donors (Lipinski definition) is 1. The molecule has 0 spiro atoms. The second kappa shape index (κ2) is 7.16. The predicted octanol–water partition coefficient (Wildman–Crippen LogP) is 1.75. The highest BCUT2D eigenvalue weighted by atomic mass is 79.9. The second-order valence-corrected chi connectivity index (χ2v) is 4.45. The van der Waals surface area contributed by atoms with Crippen molar-refractivity contribution in [1.29, 1.82) is 0 Å². The van der Waals surface area contributed by atoms with E-state index < -0.39 is 23.9 Å². The summed E-state index contributed by atoms with van der Waals surface area (Å²) in [6.07, 6.45) is -3.00. The van der Waals surface area contributed by atoms with E-state index in [1.54, 1.807) is 11.6 Å². The van der Waals surface area contributed by atoms with Crippen LogP contribution in [-0.2, 0) is 9.59 Å². The molecule has 0 saturated carbocycles. The van der Waals surface area contributed by atoms with Crippen molar-refractivity contribution >= 4 is 39.4 Å². The number of Topliss-reactive ketones (excluding diaryl/α,β-unsaturated/α-hetero) is 1. The molecule has 0 rings (SSSR count). The lowest BCUT2D eigenvalue weighted by Gasteiger charge is -2.17. The molecule has 0 bridgehead atoms. The maximum absolute atomic E-state index is 12.0. The highest BCUT2D eigenvalue weighted by Crippen LogP contribution is 2.15. The molecule has 1 amide bonds. The lowest BCUT2D eigenvalue weighted by molar-refractivity contribution is -0.174. The highest BCUT2D eigenvalue weighted by Gasteiger charge is 2.40. The van der Waals surface area contributed by atoms with E-state index in [2.05, 4.69) is 15.9 Å². The Hall–Kier alpha value is -0.240. The van der Waals surface area contributed by atoms with Crippen LogP contribution in [0, 0.1) is 0 Å². The van der Waals surface area contributed by atoms with Gasteiger partial charge in [0.05, 0.1) is 11.4 Å². The van der Waals surface area contributed by atoms with Crippen LogP contribution in [0.3, 0.4) is 0 Å². The van der Waals surface area contributed by atoms with Crippen LogP contribution in [-0.4, -0.2) is 41.2 Å². The monoisotopic (exact) mass is 321 g/mol. The number of rotatable bonds is 6. The van der Waals surface area contributed by atoms with Crippen molar-refractivity contribution in [2.75, 3.05) is 17.3 Å². The SMILES string of the molecule is CSCCC(NC(=O)C(F)(F)F)C(=O)CBr. The van der Waals surface area contributed by atoms with Crippen molar-refractivity contribution in [3.05, 3.63) is 0 Å². The van der Waals surface area contributed by atoms with E-state index in [-0.39, 0.29) is 11.8 Å². The summed E-state index contributed by atoms with van der Waals surface area (Å²) in [5.74, 6) is -2.04. The van der Waals surface area contributed by atoms with Crippen molar-refractivity contribution in [3.63, 3.8) is 0 Å². The van der Waals surface area contributed by atoms with Crippen molar-refractivity contribution in [2.24, 2.45) is 0 Å². The minimum Gasteiger partial charge on any atom is -0.338 e. The Morgan fingerprint density at radius 2 is 2.00 bits per heavy atom. The van der Waals surface area contributed by atoms with Crippen molar-refractivity contribution in [3.8, 4) is 0 Å². The molecule has 0 aromatic carbocycles. The van der Waals surface area contributed by atoms with Gasteiger partial charge in [0.25, 0.3) is 0 Å². The number of carbonyl (C=O) groups excluding carboxylic acids is 2. The molecule has 94 valence electrons. The van der Waals surface area contributed by atoms with Gasteiger partial charge in [-0.1, -0.05) is 15.9 Å². The molecule has 3 nitrogen and oxygen atoms in total. The van der Waals surface area contributed by atoms with Gasteiger partial charge in [-0.2, -0.15) is 24.9 Å². The summed E-state index contributed by atoms with van der Waals surface area (Å²) < 4.78 is 35.9. The topological polar surface area (TPSA) is 46.2 Å². The van der Waals surface area contributed by atoms with Crippen LogP contribution in [0.4, 0.5) is 13.2 Å². The quantitative estimate of drug-likeness (QED) is 0.758. The minimum absolute atomic E-state index is 0.0792. The lowest BCUT2D eigenvalue weighted by atomic mass is 10.1. The van der Waals surface area contributed by atoms with Crippen LogP contribution < -0.4 is 5.32 Å². The number of thioether (sulfide) groups is 1. The van der Waals surface area contributed by atoms with E-state index in [0.717, 1.165) is 0 Å². The summed E-state index contributed by atoms with van der Waals surface area (Å²) in [6.45, 7) is 0. The van der Waals surface area contributed by atoms with Gasteiger partial charge in [0.2, 0.25) is 0 Å². The molecule has 0 fully saturated rings. The number of halogens is 4. The van der Waals surface area contributed by atoms with E-state index in [9.17, 15) is 22.8 Å². The Morgan fingerprint density at radius 3 is 2.38 bits per heavy atom. The number of nitrogens with one attached hydrogen (secondary N) is 1. The minimum atomic E-state index is -4.95. The molecule has 8 heteroatoms. The van der Waals surface area contributed by atoms with Crippen LogP contribution in [0.25, 0.3) is 0 Å². The van der Waals surface area contributed by atoms with Gasteiger partial charge in [0.15, 0.2) is 5.78 Å². The van der Waals surface area contributed by atoms with Crippen LogP contribution in [0.15, 0.2) is 0 Å². The fraction of sp³-hybridized carbons (Fsp3) is 0.750. The third-order valence-electron chi connectivity index (χ3n) is 1.69. The first-order chi connectivity index (χ1) is 7.32. The van der Waals surface area contributed by atoms with Gasteiger partial charge in [-0.3, -0.25) is 9.59 Å². The normalized spacial score (nSPS) is 13.3. The summed E-state index contributed by atoms with van der Waals surface area (Å²) in [7, 11) is 0. The molecule has 1 N–H and O–H groups in total. The summed E-state index contributed by atoms with van der Waals surface area (Å²) in [5.41, 5.74) is 0. The standard InChI is InChI=1S/C8H11BrF3NO2S/c1-16-3-2-5(6(14)4-9)13-7(15)8(10,11)12/h5H,2-4H2,1H3,(H,13,15). The van der Waals surface area contributed by atoms with E-state index in [4.69, 9.17) is 0 Å². The van der Waals surface area contributed by atoms with E-state index >= 15 is 0 Å². The van der Waals surface area contributed by atoms with E-state index in [0.29, 0.717) is 5.75 Å². The Kier molecular flexibility index (Phi) is 7.05. The van der Waals surface area contributed by atoms with Gasteiger partial charge >= 0.3 is 12.1 Å². The summed E-state index contributed by atoms with van der Waals surface area (Å²) >= 11 is 4.25. The summed E-state index contributed by atoms with van der Waals surface area (Å²) in [4.78, 5) is 21.9. The first-order valence-electron chi connectivity index (χ1n) is 4.28. The van der Waals surface area contributed by atoms with Gasteiger partial charge in [-0.25, -0.2) is 0 Å². The Bertz CT molecular complexity index is 260. The first-order valence-corrected chi connectivity index (χ1v) is 6.79. The van der Waals surface area contributed by atoms with E-state index in [1.807, 2.05) is 0 Å². The molecule has 0 heterocycles. The molecule has 0 aliphatic rings. The van der Waals surface area contributed by atoms with E-state index in [1.165, 1.54) is 11.8 Å². The zero-order chi connectivity index (χ0) is 12.8. The number of amides is 1. The van der Waals surface area contributed by atoms with Gasteiger partial charge in [-0.15, -0.1) is 0 Å². The van der Waals surface area contributed by atoms with Crippen LogP contribution in [0.5, 0.6) is 0 Å². The predicted molar refractivity (Wildman–Crippen MR) is 59.8 cm³/mol. The fourth-order valence-electron chi connectivity index (χ4n) is 0.883. The maximum Gasteiger partial charge on any atom is 0.471 e. The molecule has 0 aromatic rings. The maximum atomic E-state index is 12.0. The third-order valence-corrected chi connectivity index (χ3v) is 2.89. The smallest absolute Gasteiger partial charge is 0.338 e. The van der Waals surface area contributed by atoms with Gasteiger partial charge in [0, 0.05) is 0 Å². The molecule has 0 aliphatic carbocycles. The molecular formula is C8H11BrF3NO2S. The molecular weight excluding hydrogens is 311 g/mol. The summed E-state index contributed by atoms with van der Waals surface area (Å²) in [5, 5.41) is 1.61. The fourth-order valence-corrected chi connectivity index (χ4v) is 1.74. The number of alkyl halides is 4. The first kappa shape index (κ1) is 15.8. The number of carbonyl (C=O) groups is 2. The van der Waals surface area contributed by atoms with Crippen molar-refractivity contribution in [2.45, 2.75) is 18.6 Å². The van der Waals surface area contributed by atoms with Crippen LogP contribution in [0.2, 0.25) is 0 Å². The summed E-state index contributed by atoms with van der Waals surface area (Å²) in [6, 6.07) is -1.08. The molecule has 1 atom stereocenters. The van der Waals surface area contributed by atoms with Gasteiger partial charge in [-0.05, 0) is 18.4 Å².